The topological polar surface area (TPSA) is 88.7 Å². The number of hydrogen-bond donors (Lipinski definition) is 3. The molecule has 0 aliphatic rings. The lowest BCUT2D eigenvalue weighted by atomic mass is 10.1. The number of nitrogens with two attached hydrogens (primary N) is 1. The van der Waals surface area contributed by atoms with Crippen LogP contribution in [-0.2, 0) is 6.54 Å². The van der Waals surface area contributed by atoms with Crippen molar-refractivity contribution in [3.8, 4) is 5.69 Å². The van der Waals surface area contributed by atoms with Gasteiger partial charge < -0.3 is 16.0 Å². The lowest BCUT2D eigenvalue weighted by Gasteiger charge is -2.07. The first-order valence-corrected chi connectivity index (χ1v) is 8.06. The molecule has 0 bridgehead atoms. The molecule has 4 aromatic rings. The van der Waals surface area contributed by atoms with E-state index in [1.54, 1.807) is 36.7 Å². The minimum atomic E-state index is -0.352. The van der Waals surface area contributed by atoms with E-state index in [0.29, 0.717) is 22.5 Å². The van der Waals surface area contributed by atoms with Crippen molar-refractivity contribution in [1.82, 2.24) is 14.8 Å². The molecule has 2 aromatic carbocycles. The highest BCUT2D eigenvalue weighted by atomic mass is 19.1. The Morgan fingerprint density at radius 1 is 1.15 bits per heavy atom. The van der Waals surface area contributed by atoms with Gasteiger partial charge in [0.2, 0.25) is 0 Å². The molecule has 0 aliphatic heterocycles. The third-order valence-electron chi connectivity index (χ3n) is 4.08. The number of fused-ring (bicyclic) bond motifs is 1. The molecule has 0 spiro atoms. The maximum Gasteiger partial charge on any atom is 0.189 e. The van der Waals surface area contributed by atoms with E-state index in [-0.39, 0.29) is 17.8 Å². The first-order chi connectivity index (χ1) is 12.6. The van der Waals surface area contributed by atoms with Gasteiger partial charge in [-0.3, -0.25) is 4.79 Å². The minimum absolute atomic E-state index is 0.0927. The molecule has 2 heterocycles. The summed E-state index contributed by atoms with van der Waals surface area (Å²) in [4.78, 5) is 15.4. The van der Waals surface area contributed by atoms with Gasteiger partial charge in [0.15, 0.2) is 5.43 Å². The Balaban J connectivity index is 1.65. The van der Waals surface area contributed by atoms with Crippen LogP contribution in [0.3, 0.4) is 0 Å². The number of rotatable bonds is 4. The fraction of sp³-hybridized carbons (Fsp3) is 0.0526. The highest BCUT2D eigenvalue weighted by Gasteiger charge is 2.07. The maximum absolute atomic E-state index is 13.9. The van der Waals surface area contributed by atoms with Crippen LogP contribution in [0.25, 0.3) is 16.6 Å². The second kappa shape index (κ2) is 6.45. The number of pyridine rings is 1. The fourth-order valence-electron chi connectivity index (χ4n) is 2.81. The Bertz CT molecular complexity index is 1150. The van der Waals surface area contributed by atoms with Crippen LogP contribution in [0.5, 0.6) is 0 Å². The van der Waals surface area contributed by atoms with Crippen LogP contribution in [-0.4, -0.2) is 14.8 Å². The summed E-state index contributed by atoms with van der Waals surface area (Å²) in [6.45, 7) is 0.278. The summed E-state index contributed by atoms with van der Waals surface area (Å²) in [5.41, 5.74) is 8.69. The van der Waals surface area contributed by atoms with Crippen LogP contribution >= 0.6 is 0 Å². The minimum Gasteiger partial charge on any atom is -0.357 e. The molecule has 130 valence electrons. The molecule has 26 heavy (non-hydrogen) atoms. The number of aromatic amines is 1. The predicted molar refractivity (Wildman–Crippen MR) is 99.3 cm³/mol. The van der Waals surface area contributed by atoms with Crippen molar-refractivity contribution in [1.29, 1.82) is 0 Å². The van der Waals surface area contributed by atoms with Gasteiger partial charge >= 0.3 is 0 Å². The molecule has 0 aliphatic carbocycles. The van der Waals surface area contributed by atoms with Gasteiger partial charge in [-0.1, -0.05) is 12.1 Å². The van der Waals surface area contributed by atoms with Crippen LogP contribution in [0.15, 0.2) is 65.7 Å². The zero-order chi connectivity index (χ0) is 18.1. The smallest absolute Gasteiger partial charge is 0.189 e. The van der Waals surface area contributed by atoms with E-state index >= 15 is 0 Å². The van der Waals surface area contributed by atoms with Gasteiger partial charge in [-0.2, -0.15) is 5.10 Å². The molecule has 7 heteroatoms. The van der Waals surface area contributed by atoms with Crippen molar-refractivity contribution in [2.24, 2.45) is 5.73 Å². The number of aromatic nitrogens is 3. The number of nitrogens with one attached hydrogen (secondary N) is 2. The van der Waals surface area contributed by atoms with Gasteiger partial charge in [-0.15, -0.1) is 0 Å². The number of para-hydroxylation sites is 1. The van der Waals surface area contributed by atoms with Crippen molar-refractivity contribution in [3.63, 3.8) is 0 Å². The summed E-state index contributed by atoms with van der Waals surface area (Å²) in [7, 11) is 0. The van der Waals surface area contributed by atoms with Gasteiger partial charge in [-0.05, 0) is 30.3 Å². The summed E-state index contributed by atoms with van der Waals surface area (Å²) in [6, 6.07) is 13.3. The number of nitrogens with zero attached hydrogens (tertiary/aromatic N) is 2. The molecule has 6 nitrogen and oxygen atoms in total. The zero-order valence-corrected chi connectivity index (χ0v) is 13.7. The molecule has 0 amide bonds. The molecule has 0 fully saturated rings. The first kappa shape index (κ1) is 16.0. The van der Waals surface area contributed by atoms with Gasteiger partial charge in [0, 0.05) is 34.9 Å². The third-order valence-corrected chi connectivity index (χ3v) is 4.08. The highest BCUT2D eigenvalue weighted by Crippen LogP contribution is 2.21. The molecule has 0 unspecified atom stereocenters. The maximum atomic E-state index is 13.9. The quantitative estimate of drug-likeness (QED) is 0.528. The molecule has 0 saturated carbocycles. The third kappa shape index (κ3) is 2.96. The second-order valence-corrected chi connectivity index (χ2v) is 5.87. The Hall–Kier alpha value is -3.45. The standard InChI is InChI=1S/C19H16FN5O/c20-16-3-1-2-4-18(16)25-11-14(10-22-25)23-12-5-6-17-15(7-12)19(26)8-13(9-21)24-17/h1-8,10-11,23H,9,21H2,(H,24,26). The van der Waals surface area contributed by atoms with Crippen LogP contribution in [0.2, 0.25) is 0 Å². The van der Waals surface area contributed by atoms with Crippen molar-refractivity contribution in [2.75, 3.05) is 5.32 Å². The summed E-state index contributed by atoms with van der Waals surface area (Å²) in [5.74, 6) is -0.352. The first-order valence-electron chi connectivity index (χ1n) is 8.06. The Kier molecular flexibility index (Phi) is 3.98. The lowest BCUT2D eigenvalue weighted by molar-refractivity contribution is 0.611. The van der Waals surface area contributed by atoms with E-state index in [0.717, 1.165) is 11.2 Å². The summed E-state index contributed by atoms with van der Waals surface area (Å²) in [5, 5.41) is 7.92. The Morgan fingerprint density at radius 3 is 2.81 bits per heavy atom. The molecule has 4 rings (SSSR count). The van der Waals surface area contributed by atoms with Crippen molar-refractivity contribution in [3.05, 3.63) is 82.7 Å². The summed E-state index contributed by atoms with van der Waals surface area (Å²) in [6.07, 6.45) is 3.28. The molecule has 0 radical (unpaired) electrons. The Labute approximate surface area is 148 Å². The lowest BCUT2D eigenvalue weighted by Crippen LogP contribution is -2.08. The van der Waals surface area contributed by atoms with Crippen LogP contribution in [0.1, 0.15) is 5.69 Å². The number of hydrogen-bond acceptors (Lipinski definition) is 4. The summed E-state index contributed by atoms with van der Waals surface area (Å²) >= 11 is 0. The monoisotopic (exact) mass is 349 g/mol. The van der Waals surface area contributed by atoms with Gasteiger partial charge in [-0.25, -0.2) is 9.07 Å². The number of anilines is 2. The summed E-state index contributed by atoms with van der Waals surface area (Å²) < 4.78 is 15.3. The van der Waals surface area contributed by atoms with Crippen molar-refractivity contribution in [2.45, 2.75) is 6.54 Å². The van der Waals surface area contributed by atoms with Crippen molar-refractivity contribution < 1.29 is 4.39 Å². The average Bonchev–Trinajstić information content (AvgIpc) is 3.10. The van der Waals surface area contributed by atoms with E-state index in [4.69, 9.17) is 5.73 Å². The molecule has 2 aromatic heterocycles. The molecule has 0 atom stereocenters. The largest absolute Gasteiger partial charge is 0.357 e. The van der Waals surface area contributed by atoms with E-state index in [2.05, 4.69) is 15.4 Å². The molecule has 0 saturated heterocycles. The molecular formula is C19H16FN5O. The SMILES string of the molecule is NCc1cc(=O)c2cc(Nc3cnn(-c4ccccc4F)c3)ccc2[nH]1. The normalized spacial score (nSPS) is 11.0. The van der Waals surface area contributed by atoms with E-state index in [1.165, 1.54) is 16.8 Å². The van der Waals surface area contributed by atoms with Crippen LogP contribution < -0.4 is 16.5 Å². The van der Waals surface area contributed by atoms with E-state index < -0.39 is 0 Å². The molecular weight excluding hydrogens is 333 g/mol. The van der Waals surface area contributed by atoms with E-state index in [9.17, 15) is 9.18 Å². The number of halogens is 1. The van der Waals surface area contributed by atoms with Gasteiger partial charge in [0.25, 0.3) is 0 Å². The fourth-order valence-corrected chi connectivity index (χ4v) is 2.81. The van der Waals surface area contributed by atoms with E-state index in [1.807, 2.05) is 12.1 Å². The predicted octanol–water partition coefficient (Wildman–Crippen LogP) is 3.06. The average molecular weight is 349 g/mol. The number of H-pyrrole nitrogens is 1. The van der Waals surface area contributed by atoms with Crippen LogP contribution in [0.4, 0.5) is 15.8 Å². The number of benzene rings is 2. The van der Waals surface area contributed by atoms with Crippen molar-refractivity contribution >= 4 is 22.3 Å². The molecule has 4 N–H and O–H groups in total. The highest BCUT2D eigenvalue weighted by molar-refractivity contribution is 5.83. The second-order valence-electron chi connectivity index (χ2n) is 5.87. The van der Waals surface area contributed by atoms with Crippen LogP contribution in [0, 0.1) is 5.82 Å². The van der Waals surface area contributed by atoms with Gasteiger partial charge in [0.05, 0.1) is 18.1 Å². The Morgan fingerprint density at radius 2 is 2.00 bits per heavy atom. The zero-order valence-electron chi connectivity index (χ0n) is 13.7. The van der Waals surface area contributed by atoms with Gasteiger partial charge in [0.1, 0.15) is 11.5 Å².